The first kappa shape index (κ1) is 19.3. The van der Waals surface area contributed by atoms with Gasteiger partial charge in [-0.2, -0.15) is 0 Å². The summed E-state index contributed by atoms with van der Waals surface area (Å²) in [7, 11) is 1.55. The molecule has 134 valence electrons. The van der Waals surface area contributed by atoms with Crippen LogP contribution in [-0.2, 0) is 19.7 Å². The molecule has 0 radical (unpaired) electrons. The molecule has 0 saturated heterocycles. The fourth-order valence-corrected chi connectivity index (χ4v) is 3.17. The van der Waals surface area contributed by atoms with Crippen LogP contribution in [-0.4, -0.2) is 30.6 Å². The van der Waals surface area contributed by atoms with Gasteiger partial charge in [0.25, 0.3) is 5.91 Å². The van der Waals surface area contributed by atoms with E-state index in [1.807, 2.05) is 23.6 Å². The number of carbonyl (C=O) groups is 2. The number of thioether (sulfide) groups is 1. The number of hydrogen-bond donors (Lipinski definition) is 0. The van der Waals surface area contributed by atoms with Gasteiger partial charge in [0.1, 0.15) is 12.5 Å². The van der Waals surface area contributed by atoms with E-state index in [2.05, 4.69) is 20.8 Å². The molecule has 1 heterocycles. The summed E-state index contributed by atoms with van der Waals surface area (Å²) in [6.07, 6.45) is 3.55. The smallest absolute Gasteiger partial charge is 0.308 e. The van der Waals surface area contributed by atoms with Gasteiger partial charge in [-0.15, -0.1) is 0 Å². The minimum Gasteiger partial charge on any atom is -0.426 e. The Kier molecular flexibility index (Phi) is 6.08. The Hall–Kier alpha value is -2.05. The fraction of sp³-hybridized carbons (Fsp3) is 0.368. The van der Waals surface area contributed by atoms with Crippen molar-refractivity contribution in [2.24, 2.45) is 0 Å². The fourth-order valence-electron chi connectivity index (χ4n) is 2.39. The zero-order valence-corrected chi connectivity index (χ0v) is 16.0. The van der Waals surface area contributed by atoms with Crippen LogP contribution >= 0.6 is 11.8 Å². The molecule has 0 fully saturated rings. The second-order valence-electron chi connectivity index (χ2n) is 6.70. The van der Waals surface area contributed by atoms with Gasteiger partial charge >= 0.3 is 5.97 Å². The first-order valence-corrected chi connectivity index (χ1v) is 8.78. The zero-order valence-electron chi connectivity index (χ0n) is 15.2. The van der Waals surface area contributed by atoms with E-state index in [4.69, 9.17) is 9.47 Å². The van der Waals surface area contributed by atoms with Crippen molar-refractivity contribution in [3.63, 3.8) is 0 Å². The Bertz CT molecular complexity index is 731. The lowest BCUT2D eigenvalue weighted by molar-refractivity contribution is -0.132. The lowest BCUT2D eigenvalue weighted by Crippen LogP contribution is -2.29. The second kappa shape index (κ2) is 7.89. The Balaban J connectivity index is 2.38. The molecule has 2 rings (SSSR count). The van der Waals surface area contributed by atoms with Crippen molar-refractivity contribution in [1.82, 2.24) is 4.90 Å². The molecule has 0 atom stereocenters. The molecule has 0 aromatic heterocycles. The van der Waals surface area contributed by atoms with Crippen LogP contribution in [0.2, 0.25) is 0 Å². The third-order valence-electron chi connectivity index (χ3n) is 3.54. The van der Waals surface area contributed by atoms with Crippen molar-refractivity contribution in [1.29, 1.82) is 0 Å². The molecule has 0 saturated carbocycles. The maximum absolute atomic E-state index is 12.5. The lowest BCUT2D eigenvalue weighted by Gasteiger charge is -2.23. The minimum atomic E-state index is -0.352. The molecule has 0 N–H and O–H groups in total. The Labute approximate surface area is 152 Å². The van der Waals surface area contributed by atoms with Crippen LogP contribution in [0.1, 0.15) is 38.8 Å². The normalized spacial score (nSPS) is 16.4. The van der Waals surface area contributed by atoms with Gasteiger partial charge in [0, 0.05) is 25.8 Å². The summed E-state index contributed by atoms with van der Waals surface area (Å²) in [6.45, 7) is 7.75. The van der Waals surface area contributed by atoms with E-state index in [1.54, 1.807) is 19.4 Å². The van der Waals surface area contributed by atoms with Crippen molar-refractivity contribution in [3.8, 4) is 5.75 Å². The van der Waals surface area contributed by atoms with Gasteiger partial charge in [-0.1, -0.05) is 38.6 Å². The number of ether oxygens (including phenoxy) is 2. The second-order valence-corrected chi connectivity index (χ2v) is 7.65. The molecule has 1 aromatic carbocycles. The maximum Gasteiger partial charge on any atom is 0.308 e. The van der Waals surface area contributed by atoms with Gasteiger partial charge < -0.3 is 9.47 Å². The molecule has 0 spiro atoms. The molecular weight excluding hydrogens is 338 g/mol. The number of benzene rings is 1. The van der Waals surface area contributed by atoms with E-state index in [1.165, 1.54) is 23.6 Å². The highest BCUT2D eigenvalue weighted by Crippen LogP contribution is 2.34. The molecule has 1 aliphatic rings. The number of amides is 1. The van der Waals surface area contributed by atoms with Crippen LogP contribution in [0.4, 0.5) is 0 Å². The average molecular weight is 361 g/mol. The molecule has 0 aliphatic carbocycles. The molecule has 6 heteroatoms. The maximum atomic E-state index is 12.5. The summed E-state index contributed by atoms with van der Waals surface area (Å²) in [5.74, 6) is 0.0939. The summed E-state index contributed by atoms with van der Waals surface area (Å²) in [5.41, 5.74) is 1.59. The van der Waals surface area contributed by atoms with Crippen molar-refractivity contribution in [2.45, 2.75) is 33.1 Å². The monoisotopic (exact) mass is 361 g/mol. The van der Waals surface area contributed by atoms with Crippen LogP contribution in [0.15, 0.2) is 34.7 Å². The minimum absolute atomic E-state index is 0.101. The highest BCUT2D eigenvalue weighted by Gasteiger charge is 2.22. The number of carbonyl (C=O) groups excluding carboxylic acids is 2. The van der Waals surface area contributed by atoms with Crippen LogP contribution in [0.5, 0.6) is 5.75 Å². The number of rotatable bonds is 4. The van der Waals surface area contributed by atoms with E-state index < -0.39 is 0 Å². The molecule has 1 amide bonds. The standard InChI is InChI=1S/C19H23NO4S/c1-13(21)24-16-7-6-14(10-15(16)19(2,3)4)11-17-18(22)20(12-23-5)8-9-25-17/h6-11H,12H2,1-5H3. The summed E-state index contributed by atoms with van der Waals surface area (Å²) in [5, 5.41) is 1.85. The highest BCUT2D eigenvalue weighted by atomic mass is 32.2. The van der Waals surface area contributed by atoms with Crippen LogP contribution in [0.25, 0.3) is 6.08 Å². The first-order valence-electron chi connectivity index (χ1n) is 7.90. The van der Waals surface area contributed by atoms with Gasteiger partial charge in [-0.25, -0.2) is 0 Å². The molecule has 0 bridgehead atoms. The Morgan fingerprint density at radius 2 is 2.04 bits per heavy atom. The average Bonchev–Trinajstić information content (AvgIpc) is 2.51. The third kappa shape index (κ3) is 4.96. The number of esters is 1. The van der Waals surface area contributed by atoms with Gasteiger partial charge in [0.05, 0.1) is 4.91 Å². The van der Waals surface area contributed by atoms with E-state index in [0.717, 1.165) is 11.1 Å². The predicted molar refractivity (Wildman–Crippen MR) is 99.9 cm³/mol. The van der Waals surface area contributed by atoms with E-state index >= 15 is 0 Å². The predicted octanol–water partition coefficient (Wildman–Crippen LogP) is 3.90. The lowest BCUT2D eigenvalue weighted by atomic mass is 9.85. The number of methoxy groups -OCH3 is 1. The van der Waals surface area contributed by atoms with Gasteiger partial charge in [0.2, 0.25) is 0 Å². The number of hydrogen-bond acceptors (Lipinski definition) is 5. The van der Waals surface area contributed by atoms with Crippen LogP contribution < -0.4 is 4.74 Å². The van der Waals surface area contributed by atoms with E-state index in [9.17, 15) is 9.59 Å². The molecule has 0 unspecified atom stereocenters. The SMILES string of the molecule is COCN1C=CSC(=Cc2ccc(OC(C)=O)c(C(C)(C)C)c2)C1=O. The molecule has 5 nitrogen and oxygen atoms in total. The summed E-state index contributed by atoms with van der Waals surface area (Å²) >= 11 is 1.37. The van der Waals surface area contributed by atoms with E-state index in [0.29, 0.717) is 10.7 Å². The summed E-state index contributed by atoms with van der Waals surface area (Å²) < 4.78 is 10.4. The largest absolute Gasteiger partial charge is 0.426 e. The molecule has 1 aromatic rings. The van der Waals surface area contributed by atoms with Crippen molar-refractivity contribution >= 4 is 29.7 Å². The third-order valence-corrected chi connectivity index (χ3v) is 4.34. The zero-order chi connectivity index (χ0) is 18.6. The van der Waals surface area contributed by atoms with Crippen LogP contribution in [0, 0.1) is 0 Å². The van der Waals surface area contributed by atoms with Gasteiger partial charge in [-0.3, -0.25) is 14.5 Å². The molecule has 1 aliphatic heterocycles. The Morgan fingerprint density at radius 1 is 1.32 bits per heavy atom. The summed E-state index contributed by atoms with van der Waals surface area (Å²) in [4.78, 5) is 25.9. The van der Waals surface area contributed by atoms with Crippen molar-refractivity contribution in [3.05, 3.63) is 45.8 Å². The van der Waals surface area contributed by atoms with E-state index in [-0.39, 0.29) is 24.0 Å². The van der Waals surface area contributed by atoms with Crippen molar-refractivity contribution in [2.75, 3.05) is 13.8 Å². The van der Waals surface area contributed by atoms with Crippen molar-refractivity contribution < 1.29 is 19.1 Å². The highest BCUT2D eigenvalue weighted by molar-refractivity contribution is 8.06. The van der Waals surface area contributed by atoms with Gasteiger partial charge in [0.15, 0.2) is 0 Å². The first-order chi connectivity index (χ1) is 11.7. The quantitative estimate of drug-likeness (QED) is 0.462. The Morgan fingerprint density at radius 3 is 2.64 bits per heavy atom. The van der Waals surface area contributed by atoms with Crippen LogP contribution in [0.3, 0.4) is 0 Å². The molecule has 25 heavy (non-hydrogen) atoms. The topological polar surface area (TPSA) is 55.8 Å². The number of nitrogens with zero attached hydrogens (tertiary/aromatic N) is 1. The molecular formula is C19H23NO4S. The van der Waals surface area contributed by atoms with Gasteiger partial charge in [-0.05, 0) is 34.6 Å². The summed E-state index contributed by atoms with van der Waals surface area (Å²) in [6, 6.07) is 5.57.